The molecular weight excluding hydrogens is 450 g/mol. The Balaban J connectivity index is 1.60. The van der Waals surface area contributed by atoms with E-state index in [0.29, 0.717) is 47.7 Å². The molecule has 2 aromatic carbocycles. The van der Waals surface area contributed by atoms with Crippen molar-refractivity contribution in [2.24, 2.45) is 5.10 Å². The van der Waals surface area contributed by atoms with E-state index in [1.807, 2.05) is 42.5 Å². The number of halogens is 1. The molecule has 0 aliphatic carbocycles. The predicted molar refractivity (Wildman–Crippen MR) is 134 cm³/mol. The number of nitrogens with one attached hydrogen (secondary N) is 1. The Kier molecular flexibility index (Phi) is 7.54. The van der Waals surface area contributed by atoms with Gasteiger partial charge in [0.25, 0.3) is 0 Å². The maximum absolute atomic E-state index is 11.7. The average Bonchev–Trinajstić information content (AvgIpc) is 2.87. The molecule has 1 aliphatic heterocycles. The van der Waals surface area contributed by atoms with E-state index in [9.17, 15) is 4.79 Å². The molecule has 0 saturated carbocycles. The van der Waals surface area contributed by atoms with Gasteiger partial charge in [-0.3, -0.25) is 9.80 Å². The largest absolute Gasteiger partial charge is 0.487 e. The van der Waals surface area contributed by atoms with Gasteiger partial charge in [0.15, 0.2) is 5.82 Å². The molecule has 34 heavy (non-hydrogen) atoms. The van der Waals surface area contributed by atoms with Gasteiger partial charge in [-0.25, -0.2) is 9.97 Å². The van der Waals surface area contributed by atoms with Crippen LogP contribution in [0.5, 0.6) is 5.75 Å². The lowest BCUT2D eigenvalue weighted by atomic mass is 10.1. The molecular formula is C26H26ClN5O2. The number of amides is 1. The van der Waals surface area contributed by atoms with Crippen LogP contribution in [0.3, 0.4) is 0 Å². The number of aryl methyl sites for hydroxylation is 1. The summed E-state index contributed by atoms with van der Waals surface area (Å²) in [6.45, 7) is 7.74. The first-order valence-corrected chi connectivity index (χ1v) is 11.5. The number of carbonyl (C=O) groups is 1. The maximum atomic E-state index is 11.7. The van der Waals surface area contributed by atoms with Gasteiger partial charge in [0.05, 0.1) is 17.3 Å². The summed E-state index contributed by atoms with van der Waals surface area (Å²) in [4.78, 5) is 20.8. The Hall–Kier alpha value is -3.71. The van der Waals surface area contributed by atoms with Crippen LogP contribution in [0.2, 0.25) is 5.02 Å². The summed E-state index contributed by atoms with van der Waals surface area (Å²) in [7, 11) is 0. The first-order chi connectivity index (χ1) is 16.6. The number of piperazine rings is 1. The number of benzene rings is 2. The van der Waals surface area contributed by atoms with Gasteiger partial charge in [0, 0.05) is 18.3 Å². The van der Waals surface area contributed by atoms with Gasteiger partial charge in [-0.1, -0.05) is 55.4 Å². The predicted octanol–water partition coefficient (Wildman–Crippen LogP) is 4.26. The molecule has 7 nitrogen and oxygen atoms in total. The molecule has 8 heteroatoms. The van der Waals surface area contributed by atoms with E-state index in [-0.39, 0.29) is 12.5 Å². The van der Waals surface area contributed by atoms with Crippen molar-refractivity contribution in [3.63, 3.8) is 0 Å². The summed E-state index contributed by atoms with van der Waals surface area (Å²) < 4.78 is 6.07. The van der Waals surface area contributed by atoms with Gasteiger partial charge >= 0.3 is 0 Å². The van der Waals surface area contributed by atoms with Crippen LogP contribution < -0.4 is 10.1 Å². The van der Waals surface area contributed by atoms with Gasteiger partial charge in [0.2, 0.25) is 5.91 Å². The van der Waals surface area contributed by atoms with Crippen LogP contribution in [0.1, 0.15) is 23.7 Å². The Labute approximate surface area is 204 Å². The van der Waals surface area contributed by atoms with E-state index in [0.717, 1.165) is 23.1 Å². The standard InChI is InChI=1S/C26H26ClN5O2/c1-3-19-14-20(15-21(27)25(19)34-17-18-8-6-5-7-9-18)26-29-11-10-23(30-26)22(4-2)31-32-13-12-28-24(33)16-32/h4-11,14-15H,2-3,12-13,16-17H2,1H3,(H,28,33)/b31-22+. The summed E-state index contributed by atoms with van der Waals surface area (Å²) >= 11 is 6.64. The second-order valence-electron chi connectivity index (χ2n) is 7.77. The molecule has 4 rings (SSSR count). The molecule has 2 heterocycles. The highest BCUT2D eigenvalue weighted by molar-refractivity contribution is 6.32. The zero-order valence-electron chi connectivity index (χ0n) is 19.0. The maximum Gasteiger partial charge on any atom is 0.241 e. The highest BCUT2D eigenvalue weighted by Crippen LogP contribution is 2.34. The van der Waals surface area contributed by atoms with Gasteiger partial charge in [-0.2, -0.15) is 5.10 Å². The lowest BCUT2D eigenvalue weighted by molar-refractivity contribution is -0.124. The Bertz CT molecular complexity index is 1210. The van der Waals surface area contributed by atoms with Crippen molar-refractivity contribution in [2.75, 3.05) is 19.6 Å². The summed E-state index contributed by atoms with van der Waals surface area (Å²) in [5.41, 5.74) is 4.02. The highest BCUT2D eigenvalue weighted by atomic mass is 35.5. The van der Waals surface area contributed by atoms with Crippen molar-refractivity contribution in [3.05, 3.63) is 89.2 Å². The molecule has 0 unspecified atom stereocenters. The fraction of sp³-hybridized carbons (Fsp3) is 0.231. The van der Waals surface area contributed by atoms with Gasteiger partial charge in [0.1, 0.15) is 24.6 Å². The molecule has 3 aromatic rings. The third kappa shape index (κ3) is 5.61. The van der Waals surface area contributed by atoms with Crippen molar-refractivity contribution in [1.82, 2.24) is 20.3 Å². The van der Waals surface area contributed by atoms with Gasteiger partial charge < -0.3 is 10.1 Å². The molecule has 0 atom stereocenters. The number of rotatable bonds is 8. The van der Waals surface area contributed by atoms with Crippen molar-refractivity contribution in [2.45, 2.75) is 20.0 Å². The Morgan fingerprint density at radius 2 is 2.12 bits per heavy atom. The van der Waals surface area contributed by atoms with Crippen LogP contribution >= 0.6 is 11.6 Å². The van der Waals surface area contributed by atoms with E-state index in [1.54, 1.807) is 23.3 Å². The number of hydrazone groups is 1. The van der Waals surface area contributed by atoms with E-state index in [2.05, 4.69) is 28.9 Å². The van der Waals surface area contributed by atoms with Gasteiger partial charge in [-0.05, 0) is 41.8 Å². The fourth-order valence-electron chi connectivity index (χ4n) is 3.63. The number of hydrogen-bond acceptors (Lipinski definition) is 6. The number of carbonyl (C=O) groups excluding carboxylic acids is 1. The van der Waals surface area contributed by atoms with Crippen molar-refractivity contribution in [3.8, 4) is 17.1 Å². The smallest absolute Gasteiger partial charge is 0.241 e. The number of aromatic nitrogens is 2. The number of allylic oxidation sites excluding steroid dienone is 1. The average molecular weight is 476 g/mol. The first-order valence-electron chi connectivity index (χ1n) is 11.1. The van der Waals surface area contributed by atoms with Crippen LogP contribution in [0.4, 0.5) is 0 Å². The van der Waals surface area contributed by atoms with E-state index in [1.165, 1.54) is 0 Å². The zero-order chi connectivity index (χ0) is 23.9. The van der Waals surface area contributed by atoms with Crippen molar-refractivity contribution < 1.29 is 9.53 Å². The Morgan fingerprint density at radius 1 is 1.29 bits per heavy atom. The lowest BCUT2D eigenvalue weighted by Crippen LogP contribution is -2.45. The molecule has 1 aromatic heterocycles. The number of ether oxygens (including phenoxy) is 1. The molecule has 0 spiro atoms. The quantitative estimate of drug-likeness (QED) is 0.492. The topological polar surface area (TPSA) is 79.7 Å². The molecule has 174 valence electrons. The summed E-state index contributed by atoms with van der Waals surface area (Å²) in [5.74, 6) is 1.14. The highest BCUT2D eigenvalue weighted by Gasteiger charge is 2.17. The van der Waals surface area contributed by atoms with E-state index in [4.69, 9.17) is 21.3 Å². The fourth-order valence-corrected chi connectivity index (χ4v) is 3.93. The molecule has 1 amide bonds. The zero-order valence-corrected chi connectivity index (χ0v) is 19.8. The second-order valence-corrected chi connectivity index (χ2v) is 8.17. The first kappa shape index (κ1) is 23.4. The Morgan fingerprint density at radius 3 is 2.85 bits per heavy atom. The summed E-state index contributed by atoms with van der Waals surface area (Å²) in [6.07, 6.45) is 4.05. The molecule has 1 N–H and O–H groups in total. The third-order valence-electron chi connectivity index (χ3n) is 5.36. The minimum atomic E-state index is -0.0573. The SMILES string of the molecule is C=C/C(=N\N1CCNC(=O)C1)c1ccnc(-c2cc(Cl)c(OCc3ccccc3)c(CC)c2)n1. The molecule has 1 saturated heterocycles. The number of hydrogen-bond donors (Lipinski definition) is 1. The summed E-state index contributed by atoms with van der Waals surface area (Å²) in [6, 6.07) is 15.6. The van der Waals surface area contributed by atoms with E-state index < -0.39 is 0 Å². The van der Waals surface area contributed by atoms with Crippen LogP contribution in [-0.4, -0.2) is 46.2 Å². The molecule has 0 bridgehead atoms. The van der Waals surface area contributed by atoms with Crippen molar-refractivity contribution in [1.29, 1.82) is 0 Å². The lowest BCUT2D eigenvalue weighted by Gasteiger charge is -2.24. The normalized spacial score (nSPS) is 14.0. The minimum absolute atomic E-state index is 0.0573. The van der Waals surface area contributed by atoms with Crippen LogP contribution in [-0.2, 0) is 17.8 Å². The third-order valence-corrected chi connectivity index (χ3v) is 5.65. The molecule has 1 fully saturated rings. The van der Waals surface area contributed by atoms with Gasteiger partial charge in [-0.15, -0.1) is 0 Å². The van der Waals surface area contributed by atoms with E-state index >= 15 is 0 Å². The minimum Gasteiger partial charge on any atom is -0.487 e. The van der Waals surface area contributed by atoms with Crippen LogP contribution in [0.25, 0.3) is 11.4 Å². The number of nitrogens with zero attached hydrogens (tertiary/aromatic N) is 4. The van der Waals surface area contributed by atoms with Crippen LogP contribution in [0, 0.1) is 0 Å². The molecule has 1 aliphatic rings. The summed E-state index contributed by atoms with van der Waals surface area (Å²) in [5, 5.41) is 9.57. The van der Waals surface area contributed by atoms with Crippen molar-refractivity contribution >= 4 is 23.2 Å². The monoisotopic (exact) mass is 475 g/mol. The molecule has 0 radical (unpaired) electrons. The van der Waals surface area contributed by atoms with Crippen LogP contribution in [0.15, 0.2) is 72.5 Å². The second kappa shape index (κ2) is 10.9.